The van der Waals surface area contributed by atoms with Crippen LogP contribution in [-0.2, 0) is 5.41 Å². The van der Waals surface area contributed by atoms with Gasteiger partial charge in [-0.25, -0.2) is 0 Å². The lowest BCUT2D eigenvalue weighted by molar-refractivity contribution is 0.568. The second-order valence-corrected chi connectivity index (χ2v) is 6.19. The summed E-state index contributed by atoms with van der Waals surface area (Å²) in [5.41, 5.74) is 3.60. The lowest BCUT2D eigenvalue weighted by Gasteiger charge is -2.18. The van der Waals surface area contributed by atoms with Crippen LogP contribution in [0.1, 0.15) is 31.9 Å². The summed E-state index contributed by atoms with van der Waals surface area (Å²) in [5.74, 6) is 0.565. The van der Waals surface area contributed by atoms with Crippen LogP contribution in [0.15, 0.2) is 72.0 Å². The summed E-state index contributed by atoms with van der Waals surface area (Å²) in [4.78, 5) is 0. The van der Waals surface area contributed by atoms with Crippen LogP contribution in [0.25, 0.3) is 17.5 Å². The highest BCUT2D eigenvalue weighted by Crippen LogP contribution is 2.24. The predicted molar refractivity (Wildman–Crippen MR) is 95.0 cm³/mol. The van der Waals surface area contributed by atoms with Crippen molar-refractivity contribution in [1.29, 1.82) is 0 Å². The van der Waals surface area contributed by atoms with Crippen molar-refractivity contribution in [2.75, 3.05) is 0 Å². The van der Waals surface area contributed by atoms with E-state index in [0.29, 0.717) is 5.89 Å². The topological polar surface area (TPSA) is 38.9 Å². The molecule has 2 aromatic carbocycles. The molecule has 0 aliphatic carbocycles. The molecule has 118 valence electrons. The van der Waals surface area contributed by atoms with Crippen LogP contribution in [0.2, 0.25) is 0 Å². The molecular formula is C20H22N2O. The third-order valence-corrected chi connectivity index (χ3v) is 3.39. The molecule has 23 heavy (non-hydrogen) atoms. The van der Waals surface area contributed by atoms with Crippen LogP contribution in [0.4, 0.5) is 0 Å². The van der Waals surface area contributed by atoms with Crippen molar-refractivity contribution in [2.45, 2.75) is 26.2 Å². The first-order valence-corrected chi connectivity index (χ1v) is 7.55. The molecule has 0 saturated heterocycles. The van der Waals surface area contributed by atoms with Crippen LogP contribution in [0, 0.1) is 0 Å². The van der Waals surface area contributed by atoms with Crippen molar-refractivity contribution >= 4 is 6.08 Å². The molecule has 0 atom stereocenters. The molecule has 1 heterocycles. The molecule has 0 N–H and O–H groups in total. The fourth-order valence-corrected chi connectivity index (χ4v) is 2.00. The summed E-state index contributed by atoms with van der Waals surface area (Å²) in [7, 11) is 0. The molecule has 0 radical (unpaired) electrons. The molecule has 3 nitrogen and oxygen atoms in total. The Bertz CT molecular complexity index is 709. The minimum absolute atomic E-state index is 0.174. The molecule has 0 spiro atoms. The highest BCUT2D eigenvalue weighted by molar-refractivity contribution is 5.53. The molecule has 0 fully saturated rings. The fraction of sp³-hybridized carbons (Fsp3) is 0.200. The number of hydrogen-bond donors (Lipinski definition) is 0. The second-order valence-electron chi connectivity index (χ2n) is 6.19. The van der Waals surface area contributed by atoms with E-state index in [-0.39, 0.29) is 5.41 Å². The standard InChI is InChI=1S/C12H14N2O.C8H8/c1-12(2,3)10-6-4-9(5-7-10)11-14-13-8-15-11;1-2-8-6-4-3-5-7-8/h4-8H,1-3H3;2-7H,1H2. The van der Waals surface area contributed by atoms with Gasteiger partial charge in [-0.05, 0) is 28.7 Å². The number of nitrogens with zero attached hydrogens (tertiary/aromatic N) is 2. The van der Waals surface area contributed by atoms with Crippen LogP contribution >= 0.6 is 0 Å². The van der Waals surface area contributed by atoms with Crippen molar-refractivity contribution in [1.82, 2.24) is 10.2 Å². The molecule has 0 aliphatic rings. The molecular weight excluding hydrogens is 284 g/mol. The second kappa shape index (κ2) is 7.54. The molecule has 0 saturated carbocycles. The first-order valence-electron chi connectivity index (χ1n) is 7.55. The van der Waals surface area contributed by atoms with Gasteiger partial charge in [0.2, 0.25) is 12.3 Å². The Labute approximate surface area is 137 Å². The Balaban J connectivity index is 0.000000203. The van der Waals surface area contributed by atoms with E-state index in [1.807, 2.05) is 48.5 Å². The zero-order valence-electron chi connectivity index (χ0n) is 13.9. The maximum atomic E-state index is 5.12. The van der Waals surface area contributed by atoms with E-state index in [0.717, 1.165) is 5.56 Å². The quantitative estimate of drug-likeness (QED) is 0.639. The lowest BCUT2D eigenvalue weighted by atomic mass is 9.87. The third-order valence-electron chi connectivity index (χ3n) is 3.39. The van der Waals surface area contributed by atoms with Gasteiger partial charge in [-0.2, -0.15) is 0 Å². The van der Waals surface area contributed by atoms with E-state index in [1.54, 1.807) is 0 Å². The maximum absolute atomic E-state index is 5.12. The zero-order chi connectivity index (χ0) is 16.7. The van der Waals surface area contributed by atoms with Gasteiger partial charge in [0.15, 0.2) is 0 Å². The fourth-order valence-electron chi connectivity index (χ4n) is 2.00. The van der Waals surface area contributed by atoms with Gasteiger partial charge in [-0.3, -0.25) is 0 Å². The van der Waals surface area contributed by atoms with Crippen molar-refractivity contribution in [3.63, 3.8) is 0 Å². The average molecular weight is 306 g/mol. The maximum Gasteiger partial charge on any atom is 0.247 e. The highest BCUT2D eigenvalue weighted by atomic mass is 16.4. The lowest BCUT2D eigenvalue weighted by Crippen LogP contribution is -2.10. The van der Waals surface area contributed by atoms with Crippen LogP contribution in [-0.4, -0.2) is 10.2 Å². The van der Waals surface area contributed by atoms with Crippen LogP contribution in [0.3, 0.4) is 0 Å². The number of hydrogen-bond acceptors (Lipinski definition) is 3. The monoisotopic (exact) mass is 306 g/mol. The SMILES string of the molecule is C=Cc1ccccc1.CC(C)(C)c1ccc(-c2nnco2)cc1. The van der Waals surface area contributed by atoms with E-state index < -0.39 is 0 Å². The van der Waals surface area contributed by atoms with Gasteiger partial charge in [0, 0.05) is 5.56 Å². The smallest absolute Gasteiger partial charge is 0.247 e. The molecule has 0 unspecified atom stereocenters. The van der Waals surface area contributed by atoms with Crippen molar-refractivity contribution < 1.29 is 4.42 Å². The highest BCUT2D eigenvalue weighted by Gasteiger charge is 2.13. The van der Waals surface area contributed by atoms with Gasteiger partial charge in [-0.1, -0.05) is 75.9 Å². The molecule has 0 bridgehead atoms. The first kappa shape index (κ1) is 16.7. The normalized spacial score (nSPS) is 10.6. The third kappa shape index (κ3) is 4.92. The van der Waals surface area contributed by atoms with E-state index in [2.05, 4.69) is 49.7 Å². The Kier molecular flexibility index (Phi) is 5.47. The van der Waals surface area contributed by atoms with Crippen LogP contribution in [0.5, 0.6) is 0 Å². The number of aromatic nitrogens is 2. The Morgan fingerprint density at radius 2 is 1.61 bits per heavy atom. The molecule has 3 heteroatoms. The number of benzene rings is 2. The first-order chi connectivity index (χ1) is 11.0. The summed E-state index contributed by atoms with van der Waals surface area (Å²) in [6.45, 7) is 10.2. The summed E-state index contributed by atoms with van der Waals surface area (Å²) in [6, 6.07) is 18.2. The van der Waals surface area contributed by atoms with E-state index in [4.69, 9.17) is 4.42 Å². The van der Waals surface area contributed by atoms with E-state index in [9.17, 15) is 0 Å². The Hall–Kier alpha value is -2.68. The molecule has 1 aromatic heterocycles. The molecule has 0 amide bonds. The van der Waals surface area contributed by atoms with Gasteiger partial charge in [0.05, 0.1) is 0 Å². The molecule has 3 aromatic rings. The van der Waals surface area contributed by atoms with Gasteiger partial charge in [0.1, 0.15) is 0 Å². The van der Waals surface area contributed by atoms with Gasteiger partial charge < -0.3 is 4.42 Å². The zero-order valence-corrected chi connectivity index (χ0v) is 13.9. The Morgan fingerprint density at radius 1 is 0.957 bits per heavy atom. The Morgan fingerprint density at radius 3 is 2.04 bits per heavy atom. The minimum Gasteiger partial charge on any atom is -0.423 e. The molecule has 0 aliphatic heterocycles. The summed E-state index contributed by atoms with van der Waals surface area (Å²) >= 11 is 0. The average Bonchev–Trinajstić information content (AvgIpc) is 3.10. The van der Waals surface area contributed by atoms with Crippen molar-refractivity contribution in [3.05, 3.63) is 78.7 Å². The molecule has 3 rings (SSSR count). The summed E-state index contributed by atoms with van der Waals surface area (Å²) in [5, 5.41) is 7.51. The van der Waals surface area contributed by atoms with Crippen molar-refractivity contribution in [2.24, 2.45) is 0 Å². The number of rotatable bonds is 2. The van der Waals surface area contributed by atoms with Crippen molar-refractivity contribution in [3.8, 4) is 11.5 Å². The predicted octanol–water partition coefficient (Wildman–Crippen LogP) is 5.36. The van der Waals surface area contributed by atoms with E-state index in [1.165, 1.54) is 17.5 Å². The summed E-state index contributed by atoms with van der Waals surface area (Å²) in [6.07, 6.45) is 3.17. The van der Waals surface area contributed by atoms with Crippen LogP contribution < -0.4 is 0 Å². The van der Waals surface area contributed by atoms with E-state index >= 15 is 0 Å². The minimum atomic E-state index is 0.174. The van der Waals surface area contributed by atoms with Gasteiger partial charge in [-0.15, -0.1) is 10.2 Å². The largest absolute Gasteiger partial charge is 0.423 e. The van der Waals surface area contributed by atoms with Gasteiger partial charge >= 0.3 is 0 Å². The van der Waals surface area contributed by atoms with Gasteiger partial charge in [0.25, 0.3) is 0 Å². The summed E-state index contributed by atoms with van der Waals surface area (Å²) < 4.78 is 5.12.